The van der Waals surface area contributed by atoms with Gasteiger partial charge >= 0.3 is 0 Å². The number of nitrogens with zero attached hydrogens (tertiary/aromatic N) is 2. The van der Waals surface area contributed by atoms with E-state index in [1.807, 2.05) is 33.8 Å². The standard InChI is InChI=1S/C13H23N3O2/c1-5-13(18,6-2)9-14-12(17)8-16-11(4)7-10(3)15-16/h7,18H,5-6,8-9H2,1-4H3,(H,14,17). The Labute approximate surface area is 108 Å². The van der Waals surface area contributed by atoms with E-state index in [1.165, 1.54) is 0 Å². The number of aryl methyl sites for hydroxylation is 2. The maximum absolute atomic E-state index is 11.8. The quantitative estimate of drug-likeness (QED) is 0.799. The minimum absolute atomic E-state index is 0.124. The molecule has 1 aromatic heterocycles. The predicted octanol–water partition coefficient (Wildman–Crippen LogP) is 1.17. The van der Waals surface area contributed by atoms with Crippen molar-refractivity contribution in [1.29, 1.82) is 0 Å². The van der Waals surface area contributed by atoms with E-state index in [0.29, 0.717) is 12.8 Å². The van der Waals surface area contributed by atoms with E-state index in [2.05, 4.69) is 10.4 Å². The number of rotatable bonds is 6. The maximum atomic E-state index is 11.8. The van der Waals surface area contributed by atoms with Crippen molar-refractivity contribution in [2.24, 2.45) is 0 Å². The third-order valence-electron chi connectivity index (χ3n) is 3.33. The van der Waals surface area contributed by atoms with Crippen molar-refractivity contribution in [3.63, 3.8) is 0 Å². The Morgan fingerprint density at radius 1 is 1.44 bits per heavy atom. The molecule has 0 aliphatic rings. The van der Waals surface area contributed by atoms with Gasteiger partial charge in [-0.1, -0.05) is 13.8 Å². The number of aromatic nitrogens is 2. The Morgan fingerprint density at radius 2 is 2.06 bits per heavy atom. The first-order valence-corrected chi connectivity index (χ1v) is 6.40. The lowest BCUT2D eigenvalue weighted by Gasteiger charge is -2.25. The molecular weight excluding hydrogens is 230 g/mol. The average Bonchev–Trinajstić information content (AvgIpc) is 2.65. The van der Waals surface area contributed by atoms with E-state index in [9.17, 15) is 9.90 Å². The van der Waals surface area contributed by atoms with Crippen molar-refractivity contribution in [1.82, 2.24) is 15.1 Å². The van der Waals surface area contributed by atoms with Crippen LogP contribution < -0.4 is 5.32 Å². The molecule has 5 nitrogen and oxygen atoms in total. The van der Waals surface area contributed by atoms with Gasteiger partial charge in [-0.25, -0.2) is 0 Å². The molecule has 1 amide bonds. The minimum Gasteiger partial charge on any atom is -0.388 e. The highest BCUT2D eigenvalue weighted by Crippen LogP contribution is 2.12. The first-order valence-electron chi connectivity index (χ1n) is 6.40. The van der Waals surface area contributed by atoms with Gasteiger partial charge in [0.2, 0.25) is 5.91 Å². The molecule has 0 aliphatic carbocycles. The average molecular weight is 253 g/mol. The van der Waals surface area contributed by atoms with Crippen LogP contribution in [0.15, 0.2) is 6.07 Å². The van der Waals surface area contributed by atoms with Crippen molar-refractivity contribution in [3.05, 3.63) is 17.5 Å². The van der Waals surface area contributed by atoms with Crippen molar-refractivity contribution in [2.45, 2.75) is 52.7 Å². The molecule has 0 saturated carbocycles. The molecule has 0 spiro atoms. The molecule has 2 N–H and O–H groups in total. The zero-order chi connectivity index (χ0) is 13.8. The molecule has 0 unspecified atom stereocenters. The SMILES string of the molecule is CCC(O)(CC)CNC(=O)Cn1nc(C)cc1C. The predicted molar refractivity (Wildman–Crippen MR) is 70.2 cm³/mol. The summed E-state index contributed by atoms with van der Waals surface area (Å²) in [5, 5.41) is 17.1. The van der Waals surface area contributed by atoms with E-state index in [-0.39, 0.29) is 19.0 Å². The minimum atomic E-state index is -0.801. The van der Waals surface area contributed by atoms with Gasteiger partial charge in [-0.15, -0.1) is 0 Å². The van der Waals surface area contributed by atoms with Crippen LogP contribution in [0.3, 0.4) is 0 Å². The first-order chi connectivity index (χ1) is 8.40. The van der Waals surface area contributed by atoms with Gasteiger partial charge in [-0.05, 0) is 32.8 Å². The summed E-state index contributed by atoms with van der Waals surface area (Å²) < 4.78 is 1.67. The van der Waals surface area contributed by atoms with E-state index in [1.54, 1.807) is 4.68 Å². The zero-order valence-corrected chi connectivity index (χ0v) is 11.7. The monoisotopic (exact) mass is 253 g/mol. The third-order valence-corrected chi connectivity index (χ3v) is 3.33. The van der Waals surface area contributed by atoms with Crippen LogP contribution in [0.5, 0.6) is 0 Å². The Morgan fingerprint density at radius 3 is 2.50 bits per heavy atom. The van der Waals surface area contributed by atoms with Crippen LogP contribution in [0.2, 0.25) is 0 Å². The van der Waals surface area contributed by atoms with Crippen LogP contribution in [0, 0.1) is 13.8 Å². The van der Waals surface area contributed by atoms with Crippen molar-refractivity contribution in [2.75, 3.05) is 6.54 Å². The van der Waals surface area contributed by atoms with Gasteiger partial charge in [0.15, 0.2) is 0 Å². The highest BCUT2D eigenvalue weighted by Gasteiger charge is 2.22. The van der Waals surface area contributed by atoms with Crippen LogP contribution in [-0.2, 0) is 11.3 Å². The summed E-state index contributed by atoms with van der Waals surface area (Å²) in [7, 11) is 0. The first kappa shape index (κ1) is 14.7. The van der Waals surface area contributed by atoms with Crippen molar-refractivity contribution in [3.8, 4) is 0 Å². The number of nitrogens with one attached hydrogen (secondary N) is 1. The normalized spacial score (nSPS) is 11.6. The van der Waals surface area contributed by atoms with Crippen LogP contribution >= 0.6 is 0 Å². The Kier molecular flexibility index (Phi) is 4.90. The second-order valence-corrected chi connectivity index (χ2v) is 4.79. The van der Waals surface area contributed by atoms with Gasteiger partial charge < -0.3 is 10.4 Å². The highest BCUT2D eigenvalue weighted by molar-refractivity contribution is 5.75. The summed E-state index contributed by atoms with van der Waals surface area (Å²) >= 11 is 0. The third kappa shape index (κ3) is 3.84. The fourth-order valence-electron chi connectivity index (χ4n) is 1.79. The molecular formula is C13H23N3O2. The van der Waals surface area contributed by atoms with E-state index in [4.69, 9.17) is 0 Å². The Bertz CT molecular complexity index is 408. The Balaban J connectivity index is 2.50. The van der Waals surface area contributed by atoms with Crippen LogP contribution in [0.4, 0.5) is 0 Å². The zero-order valence-electron chi connectivity index (χ0n) is 11.7. The topological polar surface area (TPSA) is 67.2 Å². The lowest BCUT2D eigenvalue weighted by molar-refractivity contribution is -0.123. The summed E-state index contributed by atoms with van der Waals surface area (Å²) in [6.07, 6.45) is 1.26. The fourth-order valence-corrected chi connectivity index (χ4v) is 1.79. The molecule has 0 saturated heterocycles. The van der Waals surface area contributed by atoms with Gasteiger partial charge in [0.1, 0.15) is 6.54 Å². The molecule has 0 aromatic carbocycles. The van der Waals surface area contributed by atoms with Gasteiger partial charge in [-0.2, -0.15) is 5.10 Å². The van der Waals surface area contributed by atoms with E-state index in [0.717, 1.165) is 11.4 Å². The summed E-state index contributed by atoms with van der Waals surface area (Å²) in [5.74, 6) is -0.124. The van der Waals surface area contributed by atoms with Crippen molar-refractivity contribution < 1.29 is 9.90 Å². The molecule has 102 valence electrons. The Hall–Kier alpha value is -1.36. The van der Waals surface area contributed by atoms with Crippen molar-refractivity contribution >= 4 is 5.91 Å². The lowest BCUT2D eigenvalue weighted by atomic mass is 9.98. The van der Waals surface area contributed by atoms with E-state index >= 15 is 0 Å². The summed E-state index contributed by atoms with van der Waals surface area (Å²) in [5.41, 5.74) is 1.06. The number of amides is 1. The van der Waals surface area contributed by atoms with Gasteiger partial charge in [-0.3, -0.25) is 9.48 Å². The number of hydrogen-bond acceptors (Lipinski definition) is 3. The van der Waals surface area contributed by atoms with E-state index < -0.39 is 5.60 Å². The fraction of sp³-hybridized carbons (Fsp3) is 0.692. The molecule has 0 aliphatic heterocycles. The molecule has 5 heteroatoms. The van der Waals surface area contributed by atoms with Gasteiger partial charge in [0.25, 0.3) is 0 Å². The second kappa shape index (κ2) is 6.00. The molecule has 18 heavy (non-hydrogen) atoms. The lowest BCUT2D eigenvalue weighted by Crippen LogP contribution is -2.43. The molecule has 0 atom stereocenters. The molecule has 0 fully saturated rings. The molecule has 0 bridgehead atoms. The molecule has 1 heterocycles. The number of carbonyl (C=O) groups is 1. The molecule has 0 radical (unpaired) electrons. The largest absolute Gasteiger partial charge is 0.388 e. The summed E-state index contributed by atoms with van der Waals surface area (Å²) in [6.45, 7) is 8.13. The van der Waals surface area contributed by atoms with Crippen LogP contribution in [0.25, 0.3) is 0 Å². The number of carbonyl (C=O) groups excluding carboxylic acids is 1. The smallest absolute Gasteiger partial charge is 0.241 e. The van der Waals surface area contributed by atoms with Crippen LogP contribution in [0.1, 0.15) is 38.1 Å². The number of hydrogen-bond donors (Lipinski definition) is 2. The van der Waals surface area contributed by atoms with Crippen LogP contribution in [-0.4, -0.2) is 32.9 Å². The molecule has 1 aromatic rings. The summed E-state index contributed by atoms with van der Waals surface area (Å²) in [6, 6.07) is 1.93. The van der Waals surface area contributed by atoms with Gasteiger partial charge in [0.05, 0.1) is 11.3 Å². The highest BCUT2D eigenvalue weighted by atomic mass is 16.3. The summed E-state index contributed by atoms with van der Waals surface area (Å²) in [4.78, 5) is 11.8. The second-order valence-electron chi connectivity index (χ2n) is 4.79. The molecule has 1 rings (SSSR count). The van der Waals surface area contributed by atoms with Gasteiger partial charge in [0, 0.05) is 12.2 Å². The maximum Gasteiger partial charge on any atom is 0.241 e. The number of aliphatic hydroxyl groups is 1.